The Morgan fingerprint density at radius 3 is 1.61 bits per heavy atom. The van der Waals surface area contributed by atoms with Gasteiger partial charge in [-0.3, -0.25) is 9.59 Å². The maximum absolute atomic E-state index is 12.5. The van der Waals surface area contributed by atoms with Gasteiger partial charge in [-0.1, -0.05) is 119 Å². The van der Waals surface area contributed by atoms with Gasteiger partial charge in [0.1, 0.15) is 12.6 Å². The third kappa shape index (κ3) is 32.4. The summed E-state index contributed by atoms with van der Waals surface area (Å²) in [6.45, 7) is 4.29. The first kappa shape index (κ1) is 47.8. The van der Waals surface area contributed by atoms with E-state index in [1.807, 2.05) is 12.2 Å². The number of carbonyl (C=O) groups is 3. The van der Waals surface area contributed by atoms with Crippen molar-refractivity contribution in [2.24, 2.45) is 0 Å². The average molecular weight is 714 g/mol. The molecule has 0 radical (unpaired) electrons. The van der Waals surface area contributed by atoms with Crippen LogP contribution >= 0.6 is 0 Å². The second kappa shape index (κ2) is 33.9. The molecule has 290 valence electrons. The molecule has 0 aliphatic rings. The summed E-state index contributed by atoms with van der Waals surface area (Å²) in [7, 11) is 5.36. The van der Waals surface area contributed by atoms with Crippen LogP contribution in [-0.4, -0.2) is 75.5 Å². The van der Waals surface area contributed by atoms with Crippen molar-refractivity contribution in [3.63, 3.8) is 0 Å². The lowest BCUT2D eigenvalue weighted by atomic mass is 10.1. The number of allylic oxidation sites excluding steroid dienone is 12. The number of carboxylic acids is 1. The summed E-state index contributed by atoms with van der Waals surface area (Å²) in [6.07, 6.45) is 41.1. The Labute approximate surface area is 311 Å². The fraction of sp³-hybridized carbons (Fsp3) is 0.651. The van der Waals surface area contributed by atoms with Crippen LogP contribution in [0.5, 0.6) is 0 Å². The molecule has 0 bridgehead atoms. The molecule has 0 rings (SSSR count). The molecule has 8 heteroatoms. The molecule has 2 unspecified atom stereocenters. The number of aliphatic carboxylic acids is 1. The largest absolute Gasteiger partial charge is 0.544 e. The van der Waals surface area contributed by atoms with Gasteiger partial charge in [0.15, 0.2) is 6.10 Å². The molecule has 0 aromatic heterocycles. The van der Waals surface area contributed by atoms with Gasteiger partial charge in [-0.05, 0) is 64.2 Å². The lowest BCUT2D eigenvalue weighted by molar-refractivity contribution is -0.889. The molecule has 51 heavy (non-hydrogen) atoms. The van der Waals surface area contributed by atoms with Gasteiger partial charge >= 0.3 is 11.9 Å². The zero-order valence-corrected chi connectivity index (χ0v) is 32.7. The summed E-state index contributed by atoms with van der Waals surface area (Å²) < 4.78 is 16.9. The Morgan fingerprint density at radius 2 is 1.08 bits per heavy atom. The standard InChI is InChI=1S/C43H71NO7/c1-6-8-10-12-14-15-16-17-18-19-20-21-22-23-24-25-26-28-29-31-33-41(45)50-38-39(37-49-36-35-40(43(47)48)44(3,4)5)51-42(46)34-32-30-27-13-11-9-7-2/h8-11,14-15,17-18,20-21,27,30,39-40H,6-7,12-13,16,19,22-26,28-29,31-38H2,1-5H3/b10-8+,11-9+,15-14+,18-17+,21-20+,30-27+. The van der Waals surface area contributed by atoms with E-state index in [4.69, 9.17) is 14.2 Å². The van der Waals surface area contributed by atoms with Crippen LogP contribution in [-0.2, 0) is 28.6 Å². The fourth-order valence-corrected chi connectivity index (χ4v) is 5.12. The average Bonchev–Trinajstić information content (AvgIpc) is 3.08. The number of quaternary nitrogens is 1. The van der Waals surface area contributed by atoms with Crippen molar-refractivity contribution in [2.45, 2.75) is 142 Å². The molecular weight excluding hydrogens is 642 g/mol. The van der Waals surface area contributed by atoms with E-state index in [2.05, 4.69) is 74.6 Å². The molecule has 0 spiro atoms. The summed E-state index contributed by atoms with van der Waals surface area (Å²) in [5.41, 5.74) is 0. The van der Waals surface area contributed by atoms with Crippen molar-refractivity contribution in [3.8, 4) is 0 Å². The number of hydrogen-bond donors (Lipinski definition) is 0. The van der Waals surface area contributed by atoms with Gasteiger partial charge in [0.25, 0.3) is 0 Å². The number of nitrogens with zero attached hydrogens (tertiary/aromatic N) is 1. The van der Waals surface area contributed by atoms with Crippen LogP contribution in [0.25, 0.3) is 0 Å². The third-order valence-corrected chi connectivity index (χ3v) is 8.10. The van der Waals surface area contributed by atoms with Crippen LogP contribution in [0.15, 0.2) is 72.9 Å². The molecule has 0 aromatic rings. The Bertz CT molecular complexity index is 1060. The predicted octanol–water partition coefficient (Wildman–Crippen LogP) is 8.68. The van der Waals surface area contributed by atoms with Crippen LogP contribution in [0.4, 0.5) is 0 Å². The summed E-state index contributed by atoms with van der Waals surface area (Å²) in [6, 6.07) is -0.737. The first-order chi connectivity index (χ1) is 24.6. The van der Waals surface area contributed by atoms with E-state index < -0.39 is 24.1 Å². The van der Waals surface area contributed by atoms with Gasteiger partial charge in [-0.25, -0.2) is 0 Å². The fourth-order valence-electron chi connectivity index (χ4n) is 5.12. The third-order valence-electron chi connectivity index (χ3n) is 8.10. The Morgan fingerprint density at radius 1 is 0.588 bits per heavy atom. The predicted molar refractivity (Wildman–Crippen MR) is 208 cm³/mol. The van der Waals surface area contributed by atoms with Gasteiger partial charge in [-0.15, -0.1) is 0 Å². The maximum Gasteiger partial charge on any atom is 0.306 e. The smallest absolute Gasteiger partial charge is 0.306 e. The van der Waals surface area contributed by atoms with Crippen molar-refractivity contribution < 1.29 is 38.2 Å². The Hall–Kier alpha value is -3.23. The zero-order chi connectivity index (χ0) is 37.8. The maximum atomic E-state index is 12.5. The topological polar surface area (TPSA) is 102 Å². The van der Waals surface area contributed by atoms with Crippen LogP contribution < -0.4 is 5.11 Å². The number of carboxylic acid groups (broad SMARTS) is 1. The monoisotopic (exact) mass is 714 g/mol. The summed E-state index contributed by atoms with van der Waals surface area (Å²) in [5.74, 6) is -1.86. The van der Waals surface area contributed by atoms with Crippen molar-refractivity contribution in [1.82, 2.24) is 0 Å². The summed E-state index contributed by atoms with van der Waals surface area (Å²) in [5, 5.41) is 11.5. The first-order valence-corrected chi connectivity index (χ1v) is 19.5. The van der Waals surface area contributed by atoms with Gasteiger partial charge < -0.3 is 28.6 Å². The number of carbonyl (C=O) groups excluding carboxylic acids is 3. The quantitative estimate of drug-likeness (QED) is 0.0290. The van der Waals surface area contributed by atoms with E-state index in [0.717, 1.165) is 70.6 Å². The van der Waals surface area contributed by atoms with E-state index in [1.165, 1.54) is 19.3 Å². The molecule has 0 aliphatic carbocycles. The highest BCUT2D eigenvalue weighted by Gasteiger charge is 2.25. The molecule has 0 amide bonds. The number of ether oxygens (including phenoxy) is 3. The summed E-state index contributed by atoms with van der Waals surface area (Å²) in [4.78, 5) is 36.5. The number of likely N-dealkylation sites (N-methyl/N-ethyl adjacent to an activating group) is 1. The lowest BCUT2D eigenvalue weighted by Crippen LogP contribution is -2.55. The Kier molecular flexibility index (Phi) is 31.7. The molecule has 0 aliphatic heterocycles. The normalized spacial score (nSPS) is 13.8. The lowest BCUT2D eigenvalue weighted by Gasteiger charge is -2.34. The minimum Gasteiger partial charge on any atom is -0.544 e. The second-order valence-corrected chi connectivity index (χ2v) is 13.7. The van der Waals surface area contributed by atoms with Crippen molar-refractivity contribution in [2.75, 3.05) is 41.0 Å². The molecule has 8 nitrogen and oxygen atoms in total. The SMILES string of the molecule is CC/C=C/C/C=C/C/C=C/C/C=C/CCCCCCCCCC(=O)OCC(COCCC(C(=O)[O-])[N+](C)(C)C)OC(=O)CC/C=C/C/C=C/CC. The second-order valence-electron chi connectivity index (χ2n) is 13.7. The van der Waals surface area contributed by atoms with Crippen molar-refractivity contribution >= 4 is 17.9 Å². The van der Waals surface area contributed by atoms with Crippen LogP contribution in [0.2, 0.25) is 0 Å². The molecule has 2 atom stereocenters. The minimum absolute atomic E-state index is 0.00979. The highest BCUT2D eigenvalue weighted by molar-refractivity contribution is 5.70. The van der Waals surface area contributed by atoms with E-state index in [0.29, 0.717) is 12.8 Å². The highest BCUT2D eigenvalue weighted by Crippen LogP contribution is 2.12. The van der Waals surface area contributed by atoms with Gasteiger partial charge in [0, 0.05) is 19.3 Å². The van der Waals surface area contributed by atoms with Crippen LogP contribution in [0.1, 0.15) is 129 Å². The van der Waals surface area contributed by atoms with E-state index in [9.17, 15) is 19.5 Å². The van der Waals surface area contributed by atoms with Crippen LogP contribution in [0.3, 0.4) is 0 Å². The van der Waals surface area contributed by atoms with E-state index in [-0.39, 0.29) is 43.1 Å². The van der Waals surface area contributed by atoms with Gasteiger partial charge in [0.05, 0.1) is 40.3 Å². The number of unbranched alkanes of at least 4 members (excludes halogenated alkanes) is 7. The number of rotatable bonds is 33. The number of esters is 2. The number of hydrogen-bond acceptors (Lipinski definition) is 7. The van der Waals surface area contributed by atoms with Crippen molar-refractivity contribution in [1.29, 1.82) is 0 Å². The van der Waals surface area contributed by atoms with E-state index in [1.54, 1.807) is 21.1 Å². The molecule has 0 fully saturated rings. The molecule has 0 N–H and O–H groups in total. The van der Waals surface area contributed by atoms with E-state index >= 15 is 0 Å². The zero-order valence-electron chi connectivity index (χ0n) is 32.7. The van der Waals surface area contributed by atoms with Crippen molar-refractivity contribution in [3.05, 3.63) is 72.9 Å². The molecule has 0 aromatic carbocycles. The van der Waals surface area contributed by atoms with Gasteiger partial charge in [-0.2, -0.15) is 0 Å². The highest BCUT2D eigenvalue weighted by atomic mass is 16.6. The molecule has 0 heterocycles. The first-order valence-electron chi connectivity index (χ1n) is 19.5. The molecule has 0 saturated carbocycles. The minimum atomic E-state index is -1.14. The summed E-state index contributed by atoms with van der Waals surface area (Å²) >= 11 is 0. The molecule has 0 saturated heterocycles. The van der Waals surface area contributed by atoms with Gasteiger partial charge in [0.2, 0.25) is 0 Å². The van der Waals surface area contributed by atoms with Crippen LogP contribution in [0, 0.1) is 0 Å². The Balaban J connectivity index is 4.30. The molecular formula is C43H71NO7.